The van der Waals surface area contributed by atoms with Crippen LogP contribution in [0.5, 0.6) is 0 Å². The van der Waals surface area contributed by atoms with E-state index in [-0.39, 0.29) is 11.2 Å². The molecule has 0 spiro atoms. The molecule has 0 aliphatic rings. The maximum absolute atomic E-state index is 13.1. The van der Waals surface area contributed by atoms with E-state index in [0.717, 1.165) is 12.5 Å². The molecule has 1 aromatic rings. The van der Waals surface area contributed by atoms with Crippen LogP contribution >= 0.6 is 0 Å². The molecule has 0 fully saturated rings. The number of nitro groups is 1. The Morgan fingerprint density at radius 2 is 2.06 bits per heavy atom. The molecule has 0 heterocycles. The summed E-state index contributed by atoms with van der Waals surface area (Å²) in [5.41, 5.74) is -0.0327. The predicted molar refractivity (Wildman–Crippen MR) is 61.0 cm³/mol. The van der Waals surface area contributed by atoms with Crippen molar-refractivity contribution in [1.29, 1.82) is 0 Å². The van der Waals surface area contributed by atoms with Crippen molar-refractivity contribution < 1.29 is 9.31 Å². The van der Waals surface area contributed by atoms with Gasteiger partial charge in [-0.2, -0.15) is 0 Å². The Balaban J connectivity index is 3.01. The van der Waals surface area contributed by atoms with Gasteiger partial charge in [-0.15, -0.1) is 0 Å². The van der Waals surface area contributed by atoms with Gasteiger partial charge in [-0.05, 0) is 26.3 Å². The number of nitrogens with zero attached hydrogens (tertiary/aromatic N) is 1. The van der Waals surface area contributed by atoms with E-state index < -0.39 is 10.7 Å². The lowest BCUT2D eigenvalue weighted by molar-refractivity contribution is -0.385. The first-order valence-electron chi connectivity index (χ1n) is 5.07. The highest BCUT2D eigenvalue weighted by molar-refractivity contribution is 5.52. The number of hydrogen-bond donors (Lipinski definition) is 1. The number of rotatable bonds is 4. The molecular formula is C11H15FN2O2. The lowest BCUT2D eigenvalue weighted by Crippen LogP contribution is -2.29. The molecule has 4 nitrogen and oxygen atoms in total. The van der Waals surface area contributed by atoms with Crippen LogP contribution in [-0.4, -0.2) is 10.5 Å². The summed E-state index contributed by atoms with van der Waals surface area (Å²) in [5, 5.41) is 13.6. The number of halogens is 1. The number of anilines is 1. The summed E-state index contributed by atoms with van der Waals surface area (Å²) >= 11 is 0. The Morgan fingerprint density at radius 3 is 2.56 bits per heavy atom. The van der Waals surface area contributed by atoms with Crippen molar-refractivity contribution >= 4 is 11.4 Å². The van der Waals surface area contributed by atoms with Crippen LogP contribution in [0.15, 0.2) is 18.2 Å². The van der Waals surface area contributed by atoms with Crippen LogP contribution < -0.4 is 5.32 Å². The summed E-state index contributed by atoms with van der Waals surface area (Å²) in [4.78, 5) is 9.95. The molecule has 1 rings (SSSR count). The smallest absolute Gasteiger partial charge is 0.274 e. The first-order valence-corrected chi connectivity index (χ1v) is 5.07. The number of hydrogen-bond acceptors (Lipinski definition) is 3. The molecule has 5 heteroatoms. The van der Waals surface area contributed by atoms with E-state index in [1.165, 1.54) is 12.1 Å². The van der Waals surface area contributed by atoms with Crippen LogP contribution in [0.3, 0.4) is 0 Å². The SMILES string of the molecule is CCC(C)(C)Nc1cc(F)cc([N+](=O)[O-])c1. The van der Waals surface area contributed by atoms with Crippen LogP contribution in [0.1, 0.15) is 27.2 Å². The number of benzene rings is 1. The molecule has 0 unspecified atom stereocenters. The summed E-state index contributed by atoms with van der Waals surface area (Å²) < 4.78 is 13.1. The molecule has 0 bridgehead atoms. The van der Waals surface area contributed by atoms with Gasteiger partial charge in [0.2, 0.25) is 0 Å². The van der Waals surface area contributed by atoms with E-state index in [9.17, 15) is 14.5 Å². The maximum Gasteiger partial charge on any atom is 0.274 e. The van der Waals surface area contributed by atoms with E-state index in [2.05, 4.69) is 5.32 Å². The summed E-state index contributed by atoms with van der Waals surface area (Å²) in [5.74, 6) is -0.608. The standard InChI is InChI=1S/C11H15FN2O2/c1-4-11(2,3)13-9-5-8(12)6-10(7-9)14(15)16/h5-7,13H,4H2,1-3H3. The molecule has 0 aliphatic carbocycles. The number of non-ortho nitro benzene ring substituents is 1. The van der Waals surface area contributed by atoms with Crippen molar-refractivity contribution in [3.63, 3.8) is 0 Å². The molecule has 0 amide bonds. The summed E-state index contributed by atoms with van der Waals surface area (Å²) in [7, 11) is 0. The van der Waals surface area contributed by atoms with Crippen molar-refractivity contribution in [2.24, 2.45) is 0 Å². The largest absolute Gasteiger partial charge is 0.380 e. The zero-order valence-corrected chi connectivity index (χ0v) is 9.58. The second-order valence-corrected chi connectivity index (χ2v) is 4.32. The average Bonchev–Trinajstić information content (AvgIpc) is 2.16. The lowest BCUT2D eigenvalue weighted by Gasteiger charge is -2.25. The van der Waals surface area contributed by atoms with Crippen LogP contribution in [0, 0.1) is 15.9 Å². The Kier molecular flexibility index (Phi) is 3.47. The summed E-state index contributed by atoms with van der Waals surface area (Å²) in [6.45, 7) is 5.88. The minimum Gasteiger partial charge on any atom is -0.380 e. The highest BCUT2D eigenvalue weighted by Crippen LogP contribution is 2.23. The van der Waals surface area contributed by atoms with Crippen molar-refractivity contribution in [3.05, 3.63) is 34.1 Å². The fourth-order valence-electron chi connectivity index (χ4n) is 1.23. The van der Waals surface area contributed by atoms with E-state index >= 15 is 0 Å². The quantitative estimate of drug-likeness (QED) is 0.632. The Morgan fingerprint density at radius 1 is 1.44 bits per heavy atom. The Labute approximate surface area is 93.6 Å². The zero-order chi connectivity index (χ0) is 12.3. The number of nitro benzene ring substituents is 1. The number of nitrogens with one attached hydrogen (secondary N) is 1. The molecule has 0 radical (unpaired) electrons. The second-order valence-electron chi connectivity index (χ2n) is 4.32. The fraction of sp³-hybridized carbons (Fsp3) is 0.455. The van der Waals surface area contributed by atoms with Crippen molar-refractivity contribution in [3.8, 4) is 0 Å². The van der Waals surface area contributed by atoms with Crippen molar-refractivity contribution in [1.82, 2.24) is 0 Å². The molecular weight excluding hydrogens is 211 g/mol. The molecule has 0 saturated carbocycles. The zero-order valence-electron chi connectivity index (χ0n) is 9.58. The molecule has 1 aromatic carbocycles. The average molecular weight is 226 g/mol. The van der Waals surface area contributed by atoms with Gasteiger partial charge in [0.1, 0.15) is 5.82 Å². The van der Waals surface area contributed by atoms with Gasteiger partial charge >= 0.3 is 0 Å². The first-order chi connectivity index (χ1) is 7.34. The van der Waals surface area contributed by atoms with Crippen LogP contribution in [0.2, 0.25) is 0 Å². The van der Waals surface area contributed by atoms with E-state index in [0.29, 0.717) is 5.69 Å². The minimum atomic E-state index is -0.608. The van der Waals surface area contributed by atoms with Gasteiger partial charge < -0.3 is 5.32 Å². The molecule has 0 aromatic heterocycles. The van der Waals surface area contributed by atoms with Crippen LogP contribution in [0.4, 0.5) is 15.8 Å². The maximum atomic E-state index is 13.1. The van der Waals surface area contributed by atoms with Gasteiger partial charge in [0.05, 0.1) is 11.0 Å². The van der Waals surface area contributed by atoms with Gasteiger partial charge in [0.15, 0.2) is 0 Å². The van der Waals surface area contributed by atoms with Gasteiger partial charge in [0, 0.05) is 17.3 Å². The molecule has 16 heavy (non-hydrogen) atoms. The van der Waals surface area contributed by atoms with E-state index in [4.69, 9.17) is 0 Å². The third-order valence-electron chi connectivity index (χ3n) is 2.46. The highest BCUT2D eigenvalue weighted by Gasteiger charge is 2.17. The third kappa shape index (κ3) is 3.18. The highest BCUT2D eigenvalue weighted by atomic mass is 19.1. The fourth-order valence-corrected chi connectivity index (χ4v) is 1.23. The summed E-state index contributed by atoms with van der Waals surface area (Å²) in [6, 6.07) is 3.50. The topological polar surface area (TPSA) is 55.2 Å². The van der Waals surface area contributed by atoms with Gasteiger partial charge in [0.25, 0.3) is 5.69 Å². The van der Waals surface area contributed by atoms with Gasteiger partial charge in [-0.1, -0.05) is 6.92 Å². The molecule has 0 aliphatic heterocycles. The predicted octanol–water partition coefficient (Wildman–Crippen LogP) is 3.33. The first kappa shape index (κ1) is 12.4. The monoisotopic (exact) mass is 226 g/mol. The van der Waals surface area contributed by atoms with Crippen LogP contribution in [-0.2, 0) is 0 Å². The Hall–Kier alpha value is -1.65. The lowest BCUT2D eigenvalue weighted by atomic mass is 10.0. The normalized spacial score (nSPS) is 11.2. The van der Waals surface area contributed by atoms with E-state index in [1.807, 2.05) is 20.8 Å². The minimum absolute atomic E-state index is 0.221. The molecule has 88 valence electrons. The molecule has 0 saturated heterocycles. The van der Waals surface area contributed by atoms with Crippen LogP contribution in [0.25, 0.3) is 0 Å². The molecule has 0 atom stereocenters. The van der Waals surface area contributed by atoms with Crippen molar-refractivity contribution in [2.75, 3.05) is 5.32 Å². The Bertz CT molecular complexity index is 405. The van der Waals surface area contributed by atoms with Crippen molar-refractivity contribution in [2.45, 2.75) is 32.7 Å². The third-order valence-corrected chi connectivity index (χ3v) is 2.46. The van der Waals surface area contributed by atoms with E-state index in [1.54, 1.807) is 0 Å². The summed E-state index contributed by atoms with van der Waals surface area (Å²) in [6.07, 6.45) is 0.831. The van der Waals surface area contributed by atoms with Gasteiger partial charge in [-0.25, -0.2) is 4.39 Å². The second kappa shape index (κ2) is 4.47. The van der Waals surface area contributed by atoms with Gasteiger partial charge in [-0.3, -0.25) is 10.1 Å². The molecule has 1 N–H and O–H groups in total.